The van der Waals surface area contributed by atoms with Crippen molar-refractivity contribution in [3.63, 3.8) is 0 Å². The van der Waals surface area contributed by atoms with E-state index >= 15 is 0 Å². The van der Waals surface area contributed by atoms with Gasteiger partial charge in [-0.05, 0) is 31.9 Å². The Kier molecular flexibility index (Phi) is 2.94. The molecule has 0 atom stereocenters. The summed E-state index contributed by atoms with van der Waals surface area (Å²) in [5, 5.41) is 3.23. The van der Waals surface area contributed by atoms with Gasteiger partial charge in [0.15, 0.2) is 0 Å². The molecule has 1 fully saturated rings. The Hall–Kier alpha value is -2.24. The summed E-state index contributed by atoms with van der Waals surface area (Å²) in [4.78, 5) is 18.3. The minimum Gasteiger partial charge on any atom is -0.330 e. The van der Waals surface area contributed by atoms with Gasteiger partial charge in [0.25, 0.3) is 0 Å². The van der Waals surface area contributed by atoms with Crippen LogP contribution in [0.15, 0.2) is 28.2 Å². The highest BCUT2D eigenvalue weighted by Gasteiger charge is 2.15. The van der Waals surface area contributed by atoms with Gasteiger partial charge in [-0.1, -0.05) is 25.3 Å². The number of nitrogens with one attached hydrogen (secondary N) is 1. The number of aromatic nitrogens is 3. The van der Waals surface area contributed by atoms with E-state index < -0.39 is 0 Å². The summed E-state index contributed by atoms with van der Waals surface area (Å²) in [6.07, 6.45) is 6.13. The van der Waals surface area contributed by atoms with E-state index in [0.717, 1.165) is 30.1 Å². The Morgan fingerprint density at radius 1 is 1.19 bits per heavy atom. The van der Waals surface area contributed by atoms with Crippen molar-refractivity contribution >= 4 is 23.2 Å². The van der Waals surface area contributed by atoms with Crippen molar-refractivity contribution in [2.75, 3.05) is 5.32 Å². The standard InChI is InChI=1S/C15H18N6/c1-10-16-12-8-5-9-13-19-14(20-15(17-10)21(12)13)18-11-6-3-2-4-7-11/h5,8-9,11H,2-4,6-7H2,1H3,(H,16,17,18,19,20). The van der Waals surface area contributed by atoms with Crippen molar-refractivity contribution in [2.24, 2.45) is 9.98 Å². The Morgan fingerprint density at radius 2 is 2.05 bits per heavy atom. The van der Waals surface area contributed by atoms with Crippen LogP contribution in [0.25, 0.3) is 5.65 Å². The van der Waals surface area contributed by atoms with Gasteiger partial charge in [-0.15, -0.1) is 0 Å². The van der Waals surface area contributed by atoms with Crippen molar-refractivity contribution < 1.29 is 0 Å². The fourth-order valence-electron chi connectivity index (χ4n) is 3.03. The van der Waals surface area contributed by atoms with Crippen LogP contribution in [0.2, 0.25) is 0 Å². The SMILES string of the molecule is CC1=Nc2nc(=NC3CCCCC3)nc3cccc(n23)N1. The van der Waals surface area contributed by atoms with Gasteiger partial charge in [-0.25, -0.2) is 9.39 Å². The van der Waals surface area contributed by atoms with Crippen molar-refractivity contribution in [3.8, 4) is 0 Å². The second-order valence-electron chi connectivity index (χ2n) is 5.67. The Morgan fingerprint density at radius 3 is 2.90 bits per heavy atom. The van der Waals surface area contributed by atoms with Crippen molar-refractivity contribution in [2.45, 2.75) is 45.1 Å². The minimum absolute atomic E-state index is 0.364. The molecule has 0 bridgehead atoms. The van der Waals surface area contributed by atoms with Gasteiger partial charge in [-0.2, -0.15) is 15.0 Å². The van der Waals surface area contributed by atoms with Crippen LogP contribution < -0.4 is 10.9 Å². The minimum atomic E-state index is 0.364. The molecule has 108 valence electrons. The third-order valence-corrected chi connectivity index (χ3v) is 4.03. The molecule has 2 aliphatic rings. The summed E-state index contributed by atoms with van der Waals surface area (Å²) >= 11 is 0. The number of pyridine rings is 1. The first kappa shape index (κ1) is 12.5. The molecule has 6 heteroatoms. The first-order chi connectivity index (χ1) is 10.3. The predicted octanol–water partition coefficient (Wildman–Crippen LogP) is 2.44. The molecule has 0 aromatic carbocycles. The van der Waals surface area contributed by atoms with E-state index in [1.54, 1.807) is 0 Å². The number of rotatable bonds is 1. The van der Waals surface area contributed by atoms with E-state index in [-0.39, 0.29) is 0 Å². The fraction of sp³-hybridized carbons (Fsp3) is 0.467. The average molecular weight is 282 g/mol. The van der Waals surface area contributed by atoms with Gasteiger partial charge in [0.1, 0.15) is 17.3 Å². The maximum atomic E-state index is 4.73. The summed E-state index contributed by atoms with van der Waals surface area (Å²) in [5.74, 6) is 2.44. The number of nitrogens with zero attached hydrogens (tertiary/aromatic N) is 5. The van der Waals surface area contributed by atoms with Gasteiger partial charge < -0.3 is 5.32 Å². The summed E-state index contributed by atoms with van der Waals surface area (Å²) in [6, 6.07) is 6.31. The van der Waals surface area contributed by atoms with Crippen LogP contribution in [0, 0.1) is 0 Å². The molecule has 21 heavy (non-hydrogen) atoms. The van der Waals surface area contributed by atoms with Crippen LogP contribution in [0.3, 0.4) is 0 Å². The maximum Gasteiger partial charge on any atom is 0.250 e. The molecule has 0 amide bonds. The Balaban J connectivity index is 1.87. The van der Waals surface area contributed by atoms with Crippen LogP contribution in [0.5, 0.6) is 0 Å². The number of amidine groups is 1. The summed E-state index contributed by atoms with van der Waals surface area (Å²) < 4.78 is 1.92. The third-order valence-electron chi connectivity index (χ3n) is 4.03. The lowest BCUT2D eigenvalue weighted by atomic mass is 9.96. The summed E-state index contributed by atoms with van der Waals surface area (Å²) in [7, 11) is 0. The largest absolute Gasteiger partial charge is 0.330 e. The normalized spacial score (nSPS) is 19.5. The van der Waals surface area contributed by atoms with Gasteiger partial charge in [0.05, 0.1) is 6.04 Å². The van der Waals surface area contributed by atoms with Crippen LogP contribution in [0.4, 0.5) is 11.8 Å². The zero-order valence-corrected chi connectivity index (χ0v) is 12.1. The monoisotopic (exact) mass is 282 g/mol. The molecule has 2 aromatic rings. The molecule has 4 rings (SSSR count). The molecular weight excluding hydrogens is 264 g/mol. The molecule has 3 heterocycles. The lowest BCUT2D eigenvalue weighted by molar-refractivity contribution is 0.434. The van der Waals surface area contributed by atoms with Gasteiger partial charge in [-0.3, -0.25) is 0 Å². The zero-order chi connectivity index (χ0) is 14.2. The summed E-state index contributed by atoms with van der Waals surface area (Å²) in [6.45, 7) is 1.93. The van der Waals surface area contributed by atoms with Crippen LogP contribution in [0.1, 0.15) is 39.0 Å². The zero-order valence-electron chi connectivity index (χ0n) is 12.1. The van der Waals surface area contributed by atoms with Crippen molar-refractivity contribution in [1.82, 2.24) is 14.4 Å². The Labute approximate surface area is 122 Å². The van der Waals surface area contributed by atoms with E-state index in [2.05, 4.69) is 20.3 Å². The third kappa shape index (κ3) is 2.30. The molecular formula is C15H18N6. The highest BCUT2D eigenvalue weighted by molar-refractivity contribution is 5.96. The number of aliphatic imine (C=N–C) groups is 1. The molecule has 0 spiro atoms. The topological polar surface area (TPSA) is 66.9 Å². The fourth-order valence-corrected chi connectivity index (χ4v) is 3.03. The highest BCUT2D eigenvalue weighted by Crippen LogP contribution is 2.22. The second kappa shape index (κ2) is 4.95. The van der Waals surface area contributed by atoms with Crippen LogP contribution >= 0.6 is 0 Å². The molecule has 0 saturated heterocycles. The first-order valence-corrected chi connectivity index (χ1v) is 7.55. The molecule has 6 nitrogen and oxygen atoms in total. The molecule has 0 radical (unpaired) electrons. The lowest BCUT2D eigenvalue weighted by Gasteiger charge is -2.18. The van der Waals surface area contributed by atoms with Crippen LogP contribution in [-0.4, -0.2) is 26.2 Å². The van der Waals surface area contributed by atoms with Crippen molar-refractivity contribution in [1.29, 1.82) is 0 Å². The first-order valence-electron chi connectivity index (χ1n) is 7.55. The smallest absolute Gasteiger partial charge is 0.250 e. The molecule has 1 saturated carbocycles. The van der Waals surface area contributed by atoms with Gasteiger partial charge >= 0.3 is 0 Å². The Bertz CT molecular complexity index is 782. The highest BCUT2D eigenvalue weighted by atomic mass is 15.3. The lowest BCUT2D eigenvalue weighted by Crippen LogP contribution is -2.24. The number of hydrogen-bond acceptors (Lipinski definition) is 5. The number of anilines is 1. The molecule has 1 aliphatic heterocycles. The molecule has 1 aliphatic carbocycles. The second-order valence-corrected chi connectivity index (χ2v) is 5.67. The van der Waals surface area contributed by atoms with Crippen molar-refractivity contribution in [3.05, 3.63) is 23.8 Å². The predicted molar refractivity (Wildman–Crippen MR) is 81.8 cm³/mol. The van der Waals surface area contributed by atoms with E-state index in [9.17, 15) is 0 Å². The number of hydrogen-bond donors (Lipinski definition) is 1. The molecule has 1 N–H and O–H groups in total. The van der Waals surface area contributed by atoms with E-state index in [1.807, 2.05) is 29.5 Å². The summed E-state index contributed by atoms with van der Waals surface area (Å²) in [5.41, 5.74) is 1.39. The van der Waals surface area contributed by atoms with Gasteiger partial charge in [0, 0.05) is 0 Å². The average Bonchev–Trinajstić information content (AvgIpc) is 2.48. The maximum absolute atomic E-state index is 4.73. The molecule has 0 unspecified atom stereocenters. The van der Waals surface area contributed by atoms with E-state index in [1.165, 1.54) is 19.3 Å². The van der Waals surface area contributed by atoms with E-state index in [4.69, 9.17) is 4.99 Å². The van der Waals surface area contributed by atoms with E-state index in [0.29, 0.717) is 17.6 Å². The van der Waals surface area contributed by atoms with Crippen LogP contribution in [-0.2, 0) is 0 Å². The molecule has 2 aromatic heterocycles. The van der Waals surface area contributed by atoms with Gasteiger partial charge in [0.2, 0.25) is 11.6 Å². The quantitative estimate of drug-likeness (QED) is 0.873.